The Balaban J connectivity index is 2.62. The highest BCUT2D eigenvalue weighted by Crippen LogP contribution is 2.13. The topological polar surface area (TPSA) is 57.9 Å². The van der Waals surface area contributed by atoms with E-state index >= 15 is 0 Å². The maximum absolute atomic E-state index is 5.52. The van der Waals surface area contributed by atoms with Crippen molar-refractivity contribution in [2.45, 2.75) is 0 Å². The van der Waals surface area contributed by atoms with Crippen molar-refractivity contribution in [3.63, 3.8) is 0 Å². The molecule has 0 atom stereocenters. The van der Waals surface area contributed by atoms with E-state index < -0.39 is 0 Å². The molecule has 0 amide bonds. The summed E-state index contributed by atoms with van der Waals surface area (Å²) < 4.78 is 0. The molecule has 3 N–H and O–H groups in total. The highest BCUT2D eigenvalue weighted by Gasteiger charge is 2.01. The predicted molar refractivity (Wildman–Crippen MR) is 48.7 cm³/mol. The van der Waals surface area contributed by atoms with Gasteiger partial charge in [-0.25, -0.2) is 10.8 Å². The smallest absolute Gasteiger partial charge is 0.218 e. The zero-order chi connectivity index (χ0) is 8.55. The summed E-state index contributed by atoms with van der Waals surface area (Å²) in [5, 5.41) is 1.46. The first kappa shape index (κ1) is 7.12. The van der Waals surface area contributed by atoms with Crippen molar-refractivity contribution in [1.29, 1.82) is 0 Å². The number of nitrogens with zero attached hydrogens (tertiary/aromatic N) is 2. The van der Waals surface area contributed by atoms with E-state index in [9.17, 15) is 0 Å². The van der Waals surface area contributed by atoms with Crippen molar-refractivity contribution in [3.05, 3.63) is 24.3 Å². The average Bonchev–Trinajstić information content (AvgIpc) is 2.46. The van der Waals surface area contributed by atoms with Crippen LogP contribution in [0.15, 0.2) is 24.3 Å². The fourth-order valence-corrected chi connectivity index (χ4v) is 1.11. The van der Waals surface area contributed by atoms with E-state index in [-0.39, 0.29) is 0 Å². The molecule has 4 heteroatoms. The van der Waals surface area contributed by atoms with E-state index in [2.05, 4.69) is 9.97 Å². The van der Waals surface area contributed by atoms with E-state index in [1.807, 2.05) is 24.3 Å². The number of H-pyrrole nitrogens is 1. The Hall–Kier alpha value is -1.55. The van der Waals surface area contributed by atoms with Gasteiger partial charge in [0.2, 0.25) is 5.95 Å². The number of aromatic nitrogens is 2. The molecule has 1 aromatic heterocycles. The average molecular weight is 162 g/mol. The second kappa shape index (κ2) is 2.49. The van der Waals surface area contributed by atoms with Gasteiger partial charge in [-0.05, 0) is 12.1 Å². The van der Waals surface area contributed by atoms with Gasteiger partial charge in [-0.3, -0.25) is 5.01 Å². The number of benzene rings is 1. The minimum absolute atomic E-state index is 0.677. The van der Waals surface area contributed by atoms with Crippen LogP contribution in [-0.2, 0) is 0 Å². The van der Waals surface area contributed by atoms with E-state index in [1.165, 1.54) is 5.01 Å². The highest BCUT2D eigenvalue weighted by molar-refractivity contribution is 5.77. The molecule has 0 unspecified atom stereocenters. The summed E-state index contributed by atoms with van der Waals surface area (Å²) in [6.45, 7) is 0. The Labute approximate surface area is 70.0 Å². The molecule has 1 aromatic carbocycles. The number of rotatable bonds is 1. The van der Waals surface area contributed by atoms with Crippen LogP contribution < -0.4 is 10.9 Å². The lowest BCUT2D eigenvalue weighted by molar-refractivity contribution is 0.959. The van der Waals surface area contributed by atoms with Crippen LogP contribution in [0.5, 0.6) is 0 Å². The number of hydrogen-bond donors (Lipinski definition) is 2. The number of imidazole rings is 1. The monoisotopic (exact) mass is 162 g/mol. The van der Waals surface area contributed by atoms with E-state index in [0.717, 1.165) is 11.0 Å². The minimum Gasteiger partial charge on any atom is -0.323 e. The number of hydrazine groups is 1. The fourth-order valence-electron chi connectivity index (χ4n) is 1.11. The Morgan fingerprint density at radius 2 is 2.17 bits per heavy atom. The molecule has 0 bridgehead atoms. The van der Waals surface area contributed by atoms with Crippen LogP contribution in [0.1, 0.15) is 0 Å². The second-order valence-electron chi connectivity index (χ2n) is 2.69. The summed E-state index contributed by atoms with van der Waals surface area (Å²) in [6.07, 6.45) is 0. The Morgan fingerprint density at radius 1 is 1.42 bits per heavy atom. The van der Waals surface area contributed by atoms with Crippen LogP contribution in [0.2, 0.25) is 0 Å². The molecule has 0 aliphatic heterocycles. The third-order valence-corrected chi connectivity index (χ3v) is 1.71. The molecular weight excluding hydrogens is 152 g/mol. The molecule has 0 saturated carbocycles. The lowest BCUT2D eigenvalue weighted by Gasteiger charge is -2.04. The number of nitrogens with one attached hydrogen (secondary N) is 1. The summed E-state index contributed by atoms with van der Waals surface area (Å²) in [6, 6.07) is 7.82. The first-order chi connectivity index (χ1) is 5.77. The van der Waals surface area contributed by atoms with Gasteiger partial charge >= 0.3 is 0 Å². The minimum atomic E-state index is 0.677. The Morgan fingerprint density at radius 3 is 2.83 bits per heavy atom. The quantitative estimate of drug-likeness (QED) is 0.483. The van der Waals surface area contributed by atoms with Crippen molar-refractivity contribution in [2.24, 2.45) is 5.84 Å². The van der Waals surface area contributed by atoms with Crippen molar-refractivity contribution in [1.82, 2.24) is 9.97 Å². The molecule has 0 spiro atoms. The molecule has 0 aliphatic carbocycles. The van der Waals surface area contributed by atoms with Gasteiger partial charge in [0.05, 0.1) is 11.0 Å². The summed E-state index contributed by atoms with van der Waals surface area (Å²) in [4.78, 5) is 7.34. The number of hydrogen-bond acceptors (Lipinski definition) is 3. The van der Waals surface area contributed by atoms with Crippen LogP contribution in [0, 0.1) is 0 Å². The maximum Gasteiger partial charge on any atom is 0.218 e. The molecule has 0 radical (unpaired) electrons. The normalized spacial score (nSPS) is 10.5. The van der Waals surface area contributed by atoms with Gasteiger partial charge in [0, 0.05) is 7.05 Å². The first-order valence-corrected chi connectivity index (χ1v) is 3.70. The van der Waals surface area contributed by atoms with Crippen LogP contribution in [0.3, 0.4) is 0 Å². The van der Waals surface area contributed by atoms with Crippen LogP contribution >= 0.6 is 0 Å². The molecular formula is C8H10N4. The molecule has 1 heterocycles. The molecule has 0 aliphatic rings. The van der Waals surface area contributed by atoms with Gasteiger partial charge in [0.15, 0.2) is 0 Å². The van der Waals surface area contributed by atoms with Gasteiger partial charge in [0.25, 0.3) is 0 Å². The van der Waals surface area contributed by atoms with Crippen molar-refractivity contribution >= 4 is 17.0 Å². The number of anilines is 1. The highest BCUT2D eigenvalue weighted by atomic mass is 15.4. The van der Waals surface area contributed by atoms with Gasteiger partial charge in [0.1, 0.15) is 0 Å². The van der Waals surface area contributed by atoms with Gasteiger partial charge in [-0.2, -0.15) is 0 Å². The second-order valence-corrected chi connectivity index (χ2v) is 2.69. The SMILES string of the molecule is CN(N)c1nc2ccccc2[nH]1. The van der Waals surface area contributed by atoms with E-state index in [0.29, 0.717) is 5.95 Å². The third kappa shape index (κ3) is 1.02. The molecule has 2 rings (SSSR count). The Bertz CT molecular complexity index is 358. The van der Waals surface area contributed by atoms with Gasteiger partial charge in [-0.1, -0.05) is 12.1 Å². The fraction of sp³-hybridized carbons (Fsp3) is 0.125. The van der Waals surface area contributed by atoms with Crippen LogP contribution in [-0.4, -0.2) is 17.0 Å². The molecule has 2 aromatic rings. The van der Waals surface area contributed by atoms with E-state index in [1.54, 1.807) is 7.05 Å². The van der Waals surface area contributed by atoms with Gasteiger partial charge < -0.3 is 4.98 Å². The van der Waals surface area contributed by atoms with Gasteiger partial charge in [-0.15, -0.1) is 0 Å². The Kier molecular flexibility index (Phi) is 1.48. The summed E-state index contributed by atoms with van der Waals surface area (Å²) in [5.41, 5.74) is 1.94. The lowest BCUT2D eigenvalue weighted by atomic mass is 10.3. The third-order valence-electron chi connectivity index (χ3n) is 1.71. The zero-order valence-corrected chi connectivity index (χ0v) is 6.78. The van der Waals surface area contributed by atoms with Crippen LogP contribution in [0.4, 0.5) is 5.95 Å². The number of nitrogens with two attached hydrogens (primary N) is 1. The molecule has 62 valence electrons. The molecule has 12 heavy (non-hydrogen) atoms. The standard InChI is InChI=1S/C8H10N4/c1-12(9)8-10-6-4-2-3-5-7(6)11-8/h2-5H,9H2,1H3,(H,10,11). The number of aromatic amines is 1. The van der Waals surface area contributed by atoms with Crippen molar-refractivity contribution in [3.8, 4) is 0 Å². The first-order valence-electron chi connectivity index (χ1n) is 3.70. The number of para-hydroxylation sites is 2. The largest absolute Gasteiger partial charge is 0.323 e. The molecule has 0 saturated heterocycles. The van der Waals surface area contributed by atoms with E-state index in [4.69, 9.17) is 5.84 Å². The summed E-state index contributed by atoms with van der Waals surface area (Å²) in [7, 11) is 1.75. The zero-order valence-electron chi connectivity index (χ0n) is 6.78. The lowest BCUT2D eigenvalue weighted by Crippen LogP contribution is -2.26. The molecule has 0 fully saturated rings. The summed E-state index contributed by atoms with van der Waals surface area (Å²) in [5.74, 6) is 6.19. The van der Waals surface area contributed by atoms with Crippen molar-refractivity contribution < 1.29 is 0 Å². The summed E-state index contributed by atoms with van der Waals surface area (Å²) >= 11 is 0. The maximum atomic E-state index is 5.52. The molecule has 4 nitrogen and oxygen atoms in total. The van der Waals surface area contributed by atoms with Crippen LogP contribution in [0.25, 0.3) is 11.0 Å². The van der Waals surface area contributed by atoms with Crippen molar-refractivity contribution in [2.75, 3.05) is 12.1 Å². The predicted octanol–water partition coefficient (Wildman–Crippen LogP) is 0.873. The number of fused-ring (bicyclic) bond motifs is 1.